The maximum Gasteiger partial charge on any atom is 0.342 e. The molecule has 7 amide bonds. The molecule has 1 aliphatic carbocycles. The number of nitrogens with one attached hydrogen (secondary N) is 3. The average Bonchev–Trinajstić information content (AvgIpc) is 3.86. The number of rotatable bonds is 10. The molecule has 5 aliphatic rings. The van der Waals surface area contributed by atoms with E-state index in [-0.39, 0.29) is 89.2 Å². The van der Waals surface area contributed by atoms with Crippen molar-refractivity contribution in [2.75, 3.05) is 54.7 Å². The van der Waals surface area contributed by atoms with E-state index < -0.39 is 65.8 Å². The molecule has 1 aromatic heterocycles. The van der Waals surface area contributed by atoms with E-state index in [9.17, 15) is 33.6 Å². The minimum absolute atomic E-state index is 0.00836. The lowest BCUT2D eigenvalue weighted by Crippen LogP contribution is -2.54. The molecule has 1 saturated carbocycles. The molecule has 21 heteroatoms. The van der Waals surface area contributed by atoms with E-state index in [2.05, 4.69) is 25.9 Å². The lowest BCUT2D eigenvalue weighted by atomic mass is 10.0. The summed E-state index contributed by atoms with van der Waals surface area (Å²) in [5.41, 5.74) is 0.0770. The molecule has 1 atom stereocenters. The molecule has 5 heterocycles. The molecule has 3 fully saturated rings. The first-order valence-corrected chi connectivity index (χ1v) is 21.1. The maximum absolute atomic E-state index is 15.7. The topological polar surface area (TPSA) is 204 Å². The summed E-state index contributed by atoms with van der Waals surface area (Å²) in [7, 11) is 2.57. The van der Waals surface area contributed by atoms with Crippen LogP contribution in [-0.4, -0.2) is 125 Å². The highest BCUT2D eigenvalue weighted by Crippen LogP contribution is 2.41. The van der Waals surface area contributed by atoms with Gasteiger partial charge in [0.2, 0.25) is 23.7 Å². The number of carbonyl (C=O) groups excluding carboxylic acids is 7. The molecule has 4 aliphatic heterocycles. The number of aromatic nitrogens is 2. The first-order chi connectivity index (χ1) is 29.6. The van der Waals surface area contributed by atoms with Crippen LogP contribution >= 0.6 is 11.8 Å². The second-order valence-corrected chi connectivity index (χ2v) is 16.8. The number of thioether (sulfide) groups is 1. The van der Waals surface area contributed by atoms with Gasteiger partial charge in [-0.3, -0.25) is 43.8 Å². The van der Waals surface area contributed by atoms with Crippen molar-refractivity contribution in [3.8, 4) is 5.75 Å². The van der Waals surface area contributed by atoms with Gasteiger partial charge >= 0.3 is 5.92 Å². The number of alkyl halides is 2. The molecule has 3 aromatic rings. The van der Waals surface area contributed by atoms with E-state index >= 15 is 13.2 Å². The van der Waals surface area contributed by atoms with E-state index in [1.54, 1.807) is 17.0 Å². The van der Waals surface area contributed by atoms with Crippen molar-refractivity contribution in [1.82, 2.24) is 30.4 Å². The van der Waals surface area contributed by atoms with Crippen LogP contribution in [0, 0.1) is 5.82 Å². The van der Waals surface area contributed by atoms with E-state index in [1.807, 2.05) is 0 Å². The van der Waals surface area contributed by atoms with Gasteiger partial charge < -0.3 is 30.1 Å². The van der Waals surface area contributed by atoms with Crippen LogP contribution in [0.4, 0.5) is 36.3 Å². The van der Waals surface area contributed by atoms with Crippen LogP contribution in [0.25, 0.3) is 0 Å². The van der Waals surface area contributed by atoms with Crippen molar-refractivity contribution >= 4 is 76.3 Å². The monoisotopic (exact) mass is 877 g/mol. The van der Waals surface area contributed by atoms with Crippen LogP contribution in [0.1, 0.15) is 82.4 Å². The van der Waals surface area contributed by atoms with Gasteiger partial charge in [-0.15, -0.1) is 11.8 Å². The van der Waals surface area contributed by atoms with Gasteiger partial charge in [-0.1, -0.05) is 18.9 Å². The summed E-state index contributed by atoms with van der Waals surface area (Å²) < 4.78 is 51.2. The molecule has 1 unspecified atom stereocenters. The fourth-order valence-electron chi connectivity index (χ4n) is 8.59. The molecule has 3 N–H and O–H groups in total. The Hall–Kier alpha value is -6.25. The molecule has 2 aromatic carbocycles. The molecular formula is C41H42F3N9O8S. The predicted molar refractivity (Wildman–Crippen MR) is 217 cm³/mol. The Morgan fingerprint density at radius 1 is 1.02 bits per heavy atom. The van der Waals surface area contributed by atoms with Crippen molar-refractivity contribution in [3.63, 3.8) is 0 Å². The molecule has 0 radical (unpaired) electrons. The molecule has 8 rings (SSSR count). The smallest absolute Gasteiger partial charge is 0.342 e. The Bertz CT molecular complexity index is 2390. The number of fused-ring (bicyclic) bond motifs is 2. The minimum Gasteiger partial charge on any atom is -0.495 e. The fraction of sp³-hybridized carbons (Fsp3) is 0.439. The summed E-state index contributed by atoms with van der Waals surface area (Å²) in [4.78, 5) is 104. The third kappa shape index (κ3) is 8.00. The van der Waals surface area contributed by atoms with Gasteiger partial charge in [-0.25, -0.2) is 9.37 Å². The van der Waals surface area contributed by atoms with Gasteiger partial charge in [-0.2, -0.15) is 13.8 Å². The Kier molecular flexibility index (Phi) is 11.6. The van der Waals surface area contributed by atoms with E-state index in [0.29, 0.717) is 30.6 Å². The molecular weight excluding hydrogens is 836 g/mol. The number of anilines is 4. The Morgan fingerprint density at radius 3 is 2.47 bits per heavy atom. The van der Waals surface area contributed by atoms with Gasteiger partial charge in [-0.05, 0) is 50.3 Å². The van der Waals surface area contributed by atoms with Gasteiger partial charge in [0.1, 0.15) is 23.3 Å². The highest BCUT2D eigenvalue weighted by Gasteiger charge is 2.49. The second-order valence-electron chi connectivity index (χ2n) is 15.7. The lowest BCUT2D eigenvalue weighted by Gasteiger charge is -2.32. The molecule has 0 bridgehead atoms. The van der Waals surface area contributed by atoms with Crippen molar-refractivity contribution < 1.29 is 51.5 Å². The van der Waals surface area contributed by atoms with Crippen LogP contribution < -0.4 is 30.5 Å². The highest BCUT2D eigenvalue weighted by atomic mass is 32.2. The van der Waals surface area contributed by atoms with Gasteiger partial charge in [0.25, 0.3) is 23.6 Å². The fourth-order valence-corrected chi connectivity index (χ4v) is 9.57. The number of ether oxygens (including phenoxy) is 1. The van der Waals surface area contributed by atoms with Crippen LogP contribution in [0.15, 0.2) is 41.4 Å². The highest BCUT2D eigenvalue weighted by molar-refractivity contribution is 8.00. The third-order valence-electron chi connectivity index (χ3n) is 11.9. The van der Waals surface area contributed by atoms with Crippen LogP contribution in [0.3, 0.4) is 0 Å². The number of benzene rings is 2. The summed E-state index contributed by atoms with van der Waals surface area (Å²) in [6.07, 6.45) is 5.02. The van der Waals surface area contributed by atoms with Crippen LogP contribution in [-0.2, 0) is 19.2 Å². The van der Waals surface area contributed by atoms with Crippen molar-refractivity contribution in [3.05, 3.63) is 59.0 Å². The number of piperidine rings is 2. The van der Waals surface area contributed by atoms with Crippen LogP contribution in [0.5, 0.6) is 5.75 Å². The van der Waals surface area contributed by atoms with E-state index in [4.69, 9.17) is 4.74 Å². The summed E-state index contributed by atoms with van der Waals surface area (Å²) in [6.45, 7) is -0.278. The Balaban J connectivity index is 0.880. The van der Waals surface area contributed by atoms with Crippen LogP contribution in [0.2, 0.25) is 0 Å². The predicted octanol–water partition coefficient (Wildman–Crippen LogP) is 3.64. The zero-order chi connectivity index (χ0) is 44.0. The van der Waals surface area contributed by atoms with Gasteiger partial charge in [0, 0.05) is 49.6 Å². The largest absolute Gasteiger partial charge is 0.495 e. The first kappa shape index (κ1) is 42.4. The molecule has 17 nitrogen and oxygen atoms in total. The third-order valence-corrected chi connectivity index (χ3v) is 12.9. The van der Waals surface area contributed by atoms with Crippen molar-refractivity contribution in [2.24, 2.45) is 0 Å². The molecule has 62 heavy (non-hydrogen) atoms. The second kappa shape index (κ2) is 16.9. The Morgan fingerprint density at radius 2 is 1.76 bits per heavy atom. The quantitative estimate of drug-likeness (QED) is 0.197. The number of imide groups is 2. The zero-order valence-electron chi connectivity index (χ0n) is 33.7. The van der Waals surface area contributed by atoms with E-state index in [1.165, 1.54) is 37.4 Å². The SMILES string of the molecule is COc1cc(C(=O)NC2CCN(C(=O)CSc3cccc4c3C(=O)N(C3CCC(=O)NC3=O)C4=O)CC2)c(F)cc1Nc1ncc2c(n1)N(C1CCCC1)CC(F)(F)C(=O)N2C. The number of carbonyl (C=O) groups is 7. The average molecular weight is 878 g/mol. The Labute approximate surface area is 357 Å². The summed E-state index contributed by atoms with van der Waals surface area (Å²) >= 11 is 1.09. The van der Waals surface area contributed by atoms with Gasteiger partial charge in [0.15, 0.2) is 5.82 Å². The standard InChI is InChI=1S/C41H42F3N9O8S/c1-50-28-18-45-40(49-34(28)52(22-6-3-4-7-22)20-41(43,44)39(50)60)47-26-17-25(42)24(16-29(26)61-2)35(56)46-21-12-14-51(15-13-21)32(55)19-62-30-9-5-8-23-33(30)38(59)53(37(23)58)27-10-11-31(54)48-36(27)57/h5,8-9,16-18,21-22,27H,3-4,6-7,10-15,19-20H2,1-2H3,(H,46,56)(H,45,47,49)(H,48,54,57). The number of halogens is 3. The summed E-state index contributed by atoms with van der Waals surface area (Å²) in [5.74, 6) is -9.29. The molecule has 2 saturated heterocycles. The number of likely N-dealkylation sites (tertiary alicyclic amines) is 1. The first-order valence-electron chi connectivity index (χ1n) is 20.2. The maximum atomic E-state index is 15.7. The number of hydrogen-bond acceptors (Lipinski definition) is 13. The van der Waals surface area contributed by atoms with E-state index in [0.717, 1.165) is 40.5 Å². The summed E-state index contributed by atoms with van der Waals surface area (Å²) in [5, 5.41) is 7.88. The van der Waals surface area contributed by atoms with Gasteiger partial charge in [0.05, 0.1) is 48.0 Å². The molecule has 0 spiro atoms. The van der Waals surface area contributed by atoms with Crippen molar-refractivity contribution in [1.29, 1.82) is 0 Å². The summed E-state index contributed by atoms with van der Waals surface area (Å²) in [6, 6.07) is 5.18. The number of nitrogens with zero attached hydrogens (tertiary/aromatic N) is 6. The van der Waals surface area contributed by atoms with Crippen molar-refractivity contribution in [2.45, 2.75) is 80.3 Å². The zero-order valence-corrected chi connectivity index (χ0v) is 34.5. The number of hydrogen-bond donors (Lipinski definition) is 3. The lowest BCUT2D eigenvalue weighted by molar-refractivity contribution is -0.140. The normalized spacial score (nSPS) is 20.5. The number of amides is 7. The minimum atomic E-state index is -3.66. The molecule has 326 valence electrons. The number of methoxy groups -OCH3 is 1.